The Hall–Kier alpha value is -1.30. The normalized spacial score (nSPS) is 12.6. The quantitative estimate of drug-likeness (QED) is 0.906. The van der Waals surface area contributed by atoms with E-state index in [0.29, 0.717) is 6.54 Å². The van der Waals surface area contributed by atoms with Gasteiger partial charge in [-0.1, -0.05) is 0 Å². The van der Waals surface area contributed by atoms with Crippen LogP contribution in [0.3, 0.4) is 0 Å². The lowest BCUT2D eigenvalue weighted by molar-refractivity contribution is -0.153. The molecule has 0 bridgehead atoms. The van der Waals surface area contributed by atoms with Gasteiger partial charge in [0.15, 0.2) is 6.61 Å². The second kappa shape index (κ2) is 5.56. The van der Waals surface area contributed by atoms with Gasteiger partial charge in [-0.05, 0) is 32.9 Å². The van der Waals surface area contributed by atoms with Crippen molar-refractivity contribution in [2.24, 2.45) is 0 Å². The van der Waals surface area contributed by atoms with Gasteiger partial charge in [-0.3, -0.25) is 4.98 Å². The summed E-state index contributed by atoms with van der Waals surface area (Å²) < 4.78 is 40.3. The fourth-order valence-corrected chi connectivity index (χ4v) is 1.12. The van der Waals surface area contributed by atoms with Crippen LogP contribution < -0.4 is 10.1 Å². The first kappa shape index (κ1) is 14.8. The number of alkyl halides is 3. The van der Waals surface area contributed by atoms with Crippen LogP contribution in [-0.2, 0) is 6.54 Å². The number of nitrogens with one attached hydrogen (secondary N) is 1. The summed E-state index contributed by atoms with van der Waals surface area (Å²) in [5, 5.41) is 3.23. The molecule has 6 heteroatoms. The summed E-state index contributed by atoms with van der Waals surface area (Å²) in [5.41, 5.74) is 0.719. The number of hydrogen-bond acceptors (Lipinski definition) is 3. The lowest BCUT2D eigenvalue weighted by atomic mass is 10.1. The first-order chi connectivity index (χ1) is 8.16. The number of aromatic nitrogens is 1. The summed E-state index contributed by atoms with van der Waals surface area (Å²) in [4.78, 5) is 4.03. The summed E-state index contributed by atoms with van der Waals surface area (Å²) in [6.07, 6.45) is -3.03. The number of ether oxygens (including phenoxy) is 1. The molecular formula is C12H17F3N2O. The summed E-state index contributed by atoms with van der Waals surface area (Å²) in [6, 6.07) is 3.13. The van der Waals surface area contributed by atoms with Crippen molar-refractivity contribution >= 4 is 0 Å². The molecule has 18 heavy (non-hydrogen) atoms. The highest BCUT2D eigenvalue weighted by molar-refractivity contribution is 5.19. The van der Waals surface area contributed by atoms with Crippen molar-refractivity contribution < 1.29 is 17.9 Å². The van der Waals surface area contributed by atoms with E-state index in [0.717, 1.165) is 5.69 Å². The number of hydrogen-bond donors (Lipinski definition) is 1. The zero-order valence-electron chi connectivity index (χ0n) is 10.6. The van der Waals surface area contributed by atoms with Crippen LogP contribution in [0.25, 0.3) is 0 Å². The molecule has 0 amide bonds. The molecule has 0 aliphatic rings. The zero-order chi connectivity index (χ0) is 13.8. The third-order valence-electron chi connectivity index (χ3n) is 2.00. The third kappa shape index (κ3) is 6.44. The second-order valence-electron chi connectivity index (χ2n) is 4.99. The van der Waals surface area contributed by atoms with E-state index in [1.807, 2.05) is 20.8 Å². The fourth-order valence-electron chi connectivity index (χ4n) is 1.12. The highest BCUT2D eigenvalue weighted by Gasteiger charge is 2.28. The van der Waals surface area contributed by atoms with Crippen molar-refractivity contribution in [3.63, 3.8) is 0 Å². The Morgan fingerprint density at radius 2 is 1.89 bits per heavy atom. The Kier molecular flexibility index (Phi) is 4.56. The minimum Gasteiger partial charge on any atom is -0.483 e. The van der Waals surface area contributed by atoms with Gasteiger partial charge in [-0.15, -0.1) is 0 Å². The Morgan fingerprint density at radius 1 is 1.22 bits per heavy atom. The molecule has 102 valence electrons. The van der Waals surface area contributed by atoms with Gasteiger partial charge in [0.2, 0.25) is 0 Å². The van der Waals surface area contributed by atoms with E-state index in [2.05, 4.69) is 15.0 Å². The molecule has 0 saturated carbocycles. The van der Waals surface area contributed by atoms with Crippen LogP contribution in [0.2, 0.25) is 0 Å². The largest absolute Gasteiger partial charge is 0.483 e. The molecule has 0 spiro atoms. The van der Waals surface area contributed by atoms with Crippen molar-refractivity contribution in [2.45, 2.75) is 39.0 Å². The topological polar surface area (TPSA) is 34.1 Å². The highest BCUT2D eigenvalue weighted by Crippen LogP contribution is 2.17. The lowest BCUT2D eigenvalue weighted by Gasteiger charge is -2.20. The highest BCUT2D eigenvalue weighted by atomic mass is 19.4. The monoisotopic (exact) mass is 262 g/mol. The summed E-state index contributed by atoms with van der Waals surface area (Å²) in [7, 11) is 0. The Morgan fingerprint density at radius 3 is 2.33 bits per heavy atom. The van der Waals surface area contributed by atoms with Crippen molar-refractivity contribution in [1.29, 1.82) is 0 Å². The molecule has 0 radical (unpaired) electrons. The average molecular weight is 262 g/mol. The predicted octanol–water partition coefficient (Wildman–Crippen LogP) is 2.91. The van der Waals surface area contributed by atoms with Crippen LogP contribution in [0.15, 0.2) is 18.3 Å². The minimum absolute atomic E-state index is 0.0346. The van der Waals surface area contributed by atoms with Crippen LogP contribution in [0, 0.1) is 0 Å². The SMILES string of the molecule is CC(C)(C)NCc1ccc(OCC(F)(F)F)cn1. The molecule has 1 heterocycles. The molecule has 3 nitrogen and oxygen atoms in total. The van der Waals surface area contributed by atoms with E-state index >= 15 is 0 Å². The zero-order valence-corrected chi connectivity index (χ0v) is 10.6. The van der Waals surface area contributed by atoms with Crippen LogP contribution in [0.5, 0.6) is 5.75 Å². The van der Waals surface area contributed by atoms with E-state index in [1.54, 1.807) is 6.07 Å². The van der Waals surface area contributed by atoms with Crippen molar-refractivity contribution in [3.05, 3.63) is 24.0 Å². The Bertz CT molecular complexity index is 331. The Balaban J connectivity index is 2.48. The standard InChI is InChI=1S/C12H17F3N2O/c1-11(2,3)17-6-9-4-5-10(7-16-9)18-8-12(13,14)15/h4-5,7,17H,6,8H2,1-3H3. The van der Waals surface area contributed by atoms with Crippen LogP contribution >= 0.6 is 0 Å². The maximum Gasteiger partial charge on any atom is 0.422 e. The lowest BCUT2D eigenvalue weighted by Crippen LogP contribution is -2.35. The summed E-state index contributed by atoms with van der Waals surface area (Å²) in [6.45, 7) is 5.33. The fraction of sp³-hybridized carbons (Fsp3) is 0.583. The van der Waals surface area contributed by atoms with E-state index in [-0.39, 0.29) is 11.3 Å². The van der Waals surface area contributed by atoms with Gasteiger partial charge in [-0.2, -0.15) is 13.2 Å². The third-order valence-corrected chi connectivity index (χ3v) is 2.00. The molecule has 0 unspecified atom stereocenters. The molecule has 0 aromatic carbocycles. The van der Waals surface area contributed by atoms with E-state index in [9.17, 15) is 13.2 Å². The van der Waals surface area contributed by atoms with Gasteiger partial charge in [0.05, 0.1) is 11.9 Å². The van der Waals surface area contributed by atoms with E-state index in [1.165, 1.54) is 12.3 Å². The van der Waals surface area contributed by atoms with Crippen LogP contribution in [-0.4, -0.2) is 23.3 Å². The second-order valence-corrected chi connectivity index (χ2v) is 4.99. The smallest absolute Gasteiger partial charge is 0.422 e. The van der Waals surface area contributed by atoms with Crippen molar-refractivity contribution in [2.75, 3.05) is 6.61 Å². The first-order valence-electron chi connectivity index (χ1n) is 5.55. The van der Waals surface area contributed by atoms with Crippen molar-refractivity contribution in [1.82, 2.24) is 10.3 Å². The van der Waals surface area contributed by atoms with Gasteiger partial charge in [-0.25, -0.2) is 0 Å². The molecule has 1 aromatic heterocycles. The van der Waals surface area contributed by atoms with Crippen molar-refractivity contribution in [3.8, 4) is 5.75 Å². The first-order valence-corrected chi connectivity index (χ1v) is 5.55. The molecule has 1 N–H and O–H groups in total. The number of nitrogens with zero attached hydrogens (tertiary/aromatic N) is 1. The molecule has 0 atom stereocenters. The van der Waals surface area contributed by atoms with E-state index < -0.39 is 12.8 Å². The van der Waals surface area contributed by atoms with Gasteiger partial charge < -0.3 is 10.1 Å². The summed E-state index contributed by atoms with van der Waals surface area (Å²) >= 11 is 0. The molecular weight excluding hydrogens is 245 g/mol. The number of halogens is 3. The maximum absolute atomic E-state index is 11.9. The minimum atomic E-state index is -4.33. The Labute approximate surface area is 104 Å². The molecule has 1 aromatic rings. The van der Waals surface area contributed by atoms with Crippen LogP contribution in [0.1, 0.15) is 26.5 Å². The average Bonchev–Trinajstić information content (AvgIpc) is 2.23. The molecule has 1 rings (SSSR count). The van der Waals surface area contributed by atoms with Crippen LogP contribution in [0.4, 0.5) is 13.2 Å². The van der Waals surface area contributed by atoms with Gasteiger partial charge in [0.25, 0.3) is 0 Å². The molecule has 0 aliphatic carbocycles. The number of pyridine rings is 1. The van der Waals surface area contributed by atoms with Gasteiger partial charge >= 0.3 is 6.18 Å². The number of rotatable bonds is 4. The molecule has 0 saturated heterocycles. The maximum atomic E-state index is 11.9. The van der Waals surface area contributed by atoms with E-state index in [4.69, 9.17) is 0 Å². The van der Waals surface area contributed by atoms with Gasteiger partial charge in [0.1, 0.15) is 5.75 Å². The predicted molar refractivity (Wildman–Crippen MR) is 62.4 cm³/mol. The molecule has 0 fully saturated rings. The summed E-state index contributed by atoms with van der Waals surface area (Å²) in [5.74, 6) is 0.117. The van der Waals surface area contributed by atoms with Gasteiger partial charge in [0, 0.05) is 12.1 Å². The molecule has 0 aliphatic heterocycles.